The fourth-order valence-corrected chi connectivity index (χ4v) is 3.14. The number of nitrogens with zero attached hydrogens (tertiary/aromatic N) is 2. The molecule has 4 nitrogen and oxygen atoms in total. The summed E-state index contributed by atoms with van der Waals surface area (Å²) in [6.07, 6.45) is 5.19. The van der Waals surface area contributed by atoms with Crippen molar-refractivity contribution in [3.05, 3.63) is 11.9 Å². The van der Waals surface area contributed by atoms with Gasteiger partial charge in [-0.2, -0.15) is 0 Å². The van der Waals surface area contributed by atoms with E-state index in [1.807, 2.05) is 6.07 Å². The van der Waals surface area contributed by atoms with Gasteiger partial charge in [0.1, 0.15) is 17.5 Å². The maximum atomic E-state index is 5.91. The predicted molar refractivity (Wildman–Crippen MR) is 84.7 cm³/mol. The van der Waals surface area contributed by atoms with E-state index in [2.05, 4.69) is 43.0 Å². The molecule has 0 bridgehead atoms. The van der Waals surface area contributed by atoms with Gasteiger partial charge in [0.25, 0.3) is 0 Å². The molecule has 0 saturated heterocycles. The van der Waals surface area contributed by atoms with Gasteiger partial charge < -0.3 is 11.1 Å². The smallest absolute Gasteiger partial charge is 0.135 e. The molecule has 2 atom stereocenters. The largest absolute Gasteiger partial charge is 0.384 e. The first kappa shape index (κ1) is 15.1. The van der Waals surface area contributed by atoms with E-state index in [9.17, 15) is 0 Å². The van der Waals surface area contributed by atoms with Crippen LogP contribution in [0.2, 0.25) is 0 Å². The number of hydrogen-bond donors (Lipinski definition) is 2. The number of nitrogens with two attached hydrogens (primary N) is 1. The Morgan fingerprint density at radius 1 is 1.15 bits per heavy atom. The van der Waals surface area contributed by atoms with Gasteiger partial charge in [0.2, 0.25) is 0 Å². The third-order valence-electron chi connectivity index (χ3n) is 4.29. The predicted octanol–water partition coefficient (Wildman–Crippen LogP) is 3.81. The normalized spacial score (nSPS) is 23.3. The molecule has 0 aromatic carbocycles. The quantitative estimate of drug-likeness (QED) is 0.877. The SMILES string of the molecule is CC(C)c1nc(N)cc(NC2CCCCC2C(C)C)n1. The highest BCUT2D eigenvalue weighted by Gasteiger charge is 2.27. The first-order chi connectivity index (χ1) is 9.47. The maximum Gasteiger partial charge on any atom is 0.135 e. The molecule has 4 heteroatoms. The molecule has 2 unspecified atom stereocenters. The highest BCUT2D eigenvalue weighted by atomic mass is 15.1. The second kappa shape index (κ2) is 6.42. The Morgan fingerprint density at radius 2 is 1.85 bits per heavy atom. The lowest BCUT2D eigenvalue weighted by Gasteiger charge is -2.35. The zero-order valence-corrected chi connectivity index (χ0v) is 13.2. The summed E-state index contributed by atoms with van der Waals surface area (Å²) in [4.78, 5) is 8.93. The van der Waals surface area contributed by atoms with Crippen LogP contribution >= 0.6 is 0 Å². The lowest BCUT2D eigenvalue weighted by atomic mass is 9.78. The summed E-state index contributed by atoms with van der Waals surface area (Å²) in [5.74, 6) is 4.00. The van der Waals surface area contributed by atoms with E-state index in [0.717, 1.165) is 17.6 Å². The van der Waals surface area contributed by atoms with Crippen LogP contribution in [0, 0.1) is 11.8 Å². The van der Waals surface area contributed by atoms with Crippen LogP contribution in [0.15, 0.2) is 6.07 Å². The van der Waals surface area contributed by atoms with E-state index in [0.29, 0.717) is 23.7 Å². The third kappa shape index (κ3) is 3.62. The van der Waals surface area contributed by atoms with Gasteiger partial charge in [0.05, 0.1) is 0 Å². The Labute approximate surface area is 122 Å². The van der Waals surface area contributed by atoms with E-state index in [1.54, 1.807) is 0 Å². The summed E-state index contributed by atoms with van der Waals surface area (Å²) in [5, 5.41) is 3.62. The molecule has 0 amide bonds. The van der Waals surface area contributed by atoms with E-state index < -0.39 is 0 Å². The molecule has 3 N–H and O–H groups in total. The molecule has 1 fully saturated rings. The molecule has 0 spiro atoms. The highest BCUT2D eigenvalue weighted by Crippen LogP contribution is 2.32. The van der Waals surface area contributed by atoms with Crippen molar-refractivity contribution in [1.29, 1.82) is 0 Å². The molecule has 1 heterocycles. The van der Waals surface area contributed by atoms with Gasteiger partial charge in [0, 0.05) is 18.0 Å². The van der Waals surface area contributed by atoms with Crippen LogP contribution in [0.4, 0.5) is 11.6 Å². The number of nitrogens with one attached hydrogen (secondary N) is 1. The van der Waals surface area contributed by atoms with Gasteiger partial charge >= 0.3 is 0 Å². The minimum absolute atomic E-state index is 0.298. The summed E-state index contributed by atoms with van der Waals surface area (Å²) >= 11 is 0. The van der Waals surface area contributed by atoms with Gasteiger partial charge in [-0.3, -0.25) is 0 Å². The van der Waals surface area contributed by atoms with Gasteiger partial charge in [-0.1, -0.05) is 40.5 Å². The zero-order chi connectivity index (χ0) is 14.7. The first-order valence-electron chi connectivity index (χ1n) is 7.88. The van der Waals surface area contributed by atoms with Crippen molar-refractivity contribution in [2.45, 2.75) is 65.3 Å². The van der Waals surface area contributed by atoms with Crippen molar-refractivity contribution < 1.29 is 0 Å². The fraction of sp³-hybridized carbons (Fsp3) is 0.750. The first-order valence-corrected chi connectivity index (χ1v) is 7.88. The fourth-order valence-electron chi connectivity index (χ4n) is 3.14. The van der Waals surface area contributed by atoms with Crippen molar-refractivity contribution in [3.63, 3.8) is 0 Å². The van der Waals surface area contributed by atoms with Crippen molar-refractivity contribution in [2.24, 2.45) is 11.8 Å². The molecular weight excluding hydrogens is 248 g/mol. The average Bonchev–Trinajstić information content (AvgIpc) is 2.38. The van der Waals surface area contributed by atoms with Crippen molar-refractivity contribution in [1.82, 2.24) is 9.97 Å². The van der Waals surface area contributed by atoms with Gasteiger partial charge in [-0.05, 0) is 24.7 Å². The molecule has 0 aliphatic heterocycles. The van der Waals surface area contributed by atoms with Crippen LogP contribution in [0.1, 0.15) is 65.1 Å². The minimum Gasteiger partial charge on any atom is -0.384 e. The number of aromatic nitrogens is 2. The third-order valence-corrected chi connectivity index (χ3v) is 4.29. The number of nitrogen functional groups attached to an aromatic ring is 1. The highest BCUT2D eigenvalue weighted by molar-refractivity contribution is 5.45. The minimum atomic E-state index is 0.298. The Kier molecular flexibility index (Phi) is 4.84. The van der Waals surface area contributed by atoms with Crippen molar-refractivity contribution >= 4 is 11.6 Å². The number of hydrogen-bond acceptors (Lipinski definition) is 4. The van der Waals surface area contributed by atoms with E-state index in [4.69, 9.17) is 5.73 Å². The van der Waals surface area contributed by atoms with E-state index >= 15 is 0 Å². The maximum absolute atomic E-state index is 5.91. The number of rotatable bonds is 4. The van der Waals surface area contributed by atoms with Crippen molar-refractivity contribution in [2.75, 3.05) is 11.1 Å². The Bertz CT molecular complexity index is 442. The lowest BCUT2D eigenvalue weighted by Crippen LogP contribution is -2.35. The molecule has 1 saturated carbocycles. The van der Waals surface area contributed by atoms with Crippen LogP contribution in [0.3, 0.4) is 0 Å². The monoisotopic (exact) mass is 276 g/mol. The van der Waals surface area contributed by atoms with Gasteiger partial charge in [-0.15, -0.1) is 0 Å². The van der Waals surface area contributed by atoms with Crippen LogP contribution < -0.4 is 11.1 Å². The van der Waals surface area contributed by atoms with Gasteiger partial charge in [0.15, 0.2) is 0 Å². The van der Waals surface area contributed by atoms with Crippen LogP contribution in [-0.2, 0) is 0 Å². The average molecular weight is 276 g/mol. The summed E-state index contributed by atoms with van der Waals surface area (Å²) < 4.78 is 0. The summed E-state index contributed by atoms with van der Waals surface area (Å²) in [5.41, 5.74) is 5.91. The molecular formula is C16H28N4. The van der Waals surface area contributed by atoms with Crippen molar-refractivity contribution in [3.8, 4) is 0 Å². The molecule has 112 valence electrons. The number of anilines is 2. The van der Waals surface area contributed by atoms with Crippen LogP contribution in [-0.4, -0.2) is 16.0 Å². The molecule has 1 aromatic heterocycles. The van der Waals surface area contributed by atoms with E-state index in [-0.39, 0.29) is 0 Å². The molecule has 20 heavy (non-hydrogen) atoms. The summed E-state index contributed by atoms with van der Waals surface area (Å²) in [7, 11) is 0. The molecule has 2 rings (SSSR count). The van der Waals surface area contributed by atoms with Gasteiger partial charge in [-0.25, -0.2) is 9.97 Å². The second-order valence-corrected chi connectivity index (χ2v) is 6.63. The summed E-state index contributed by atoms with van der Waals surface area (Å²) in [6.45, 7) is 8.82. The topological polar surface area (TPSA) is 63.8 Å². The van der Waals surface area contributed by atoms with Crippen LogP contribution in [0.25, 0.3) is 0 Å². The Hall–Kier alpha value is -1.32. The molecule has 1 aromatic rings. The zero-order valence-electron chi connectivity index (χ0n) is 13.2. The molecule has 1 aliphatic rings. The second-order valence-electron chi connectivity index (χ2n) is 6.63. The van der Waals surface area contributed by atoms with E-state index in [1.165, 1.54) is 25.7 Å². The summed E-state index contributed by atoms with van der Waals surface area (Å²) in [6, 6.07) is 2.37. The Morgan fingerprint density at radius 3 is 2.50 bits per heavy atom. The lowest BCUT2D eigenvalue weighted by molar-refractivity contribution is 0.253. The van der Waals surface area contributed by atoms with Crippen LogP contribution in [0.5, 0.6) is 0 Å². The Balaban J connectivity index is 2.15. The standard InChI is InChI=1S/C16H28N4/c1-10(2)12-7-5-6-8-13(12)18-15-9-14(17)19-16(20-15)11(3)4/h9-13H,5-8H2,1-4H3,(H3,17,18,19,20). The molecule has 1 aliphatic carbocycles. The molecule has 0 radical (unpaired) electrons.